The second kappa shape index (κ2) is 9.42. The number of H-pyrrole nitrogens is 1. The highest BCUT2D eigenvalue weighted by Gasteiger charge is 2.22. The Morgan fingerprint density at radius 2 is 1.94 bits per heavy atom. The van der Waals surface area contributed by atoms with Gasteiger partial charge in [0, 0.05) is 23.0 Å². The summed E-state index contributed by atoms with van der Waals surface area (Å²) in [5, 5.41) is 6.13. The first-order valence-electron chi connectivity index (χ1n) is 11.6. The van der Waals surface area contributed by atoms with E-state index in [0.29, 0.717) is 6.54 Å². The summed E-state index contributed by atoms with van der Waals surface area (Å²) in [4.78, 5) is 21.3. The fraction of sp³-hybridized carbons (Fsp3) is 0.400. The normalized spacial score (nSPS) is 12.4. The predicted octanol–water partition coefficient (Wildman–Crippen LogP) is 6.04. The molecule has 0 amide bonds. The number of nitrogens with zero attached hydrogens (tertiary/aromatic N) is 4. The molecule has 0 saturated heterocycles. The Bertz CT molecular complexity index is 1390. The fourth-order valence-electron chi connectivity index (χ4n) is 4.35. The maximum atomic E-state index is 13.6. The number of pyridine rings is 1. The van der Waals surface area contributed by atoms with Gasteiger partial charge >= 0.3 is 5.69 Å². The molecule has 4 heterocycles. The molecule has 0 aliphatic carbocycles. The summed E-state index contributed by atoms with van der Waals surface area (Å²) in [5.41, 5.74) is 3.99. The van der Waals surface area contributed by atoms with Crippen molar-refractivity contribution in [2.45, 2.75) is 66.0 Å². The van der Waals surface area contributed by atoms with E-state index >= 15 is 0 Å². The van der Waals surface area contributed by atoms with Crippen molar-refractivity contribution in [2.75, 3.05) is 0 Å². The number of hydrogen-bond donors (Lipinski definition) is 1. The highest BCUT2D eigenvalue weighted by Crippen LogP contribution is 2.28. The molecule has 0 bridgehead atoms. The maximum Gasteiger partial charge on any atom is 0.329 e. The lowest BCUT2D eigenvalue weighted by atomic mass is 10.1. The van der Waals surface area contributed by atoms with Crippen molar-refractivity contribution in [3.05, 3.63) is 58.9 Å². The van der Waals surface area contributed by atoms with Crippen molar-refractivity contribution < 1.29 is 4.52 Å². The van der Waals surface area contributed by atoms with E-state index in [0.717, 1.165) is 58.0 Å². The van der Waals surface area contributed by atoms with Crippen LogP contribution in [0.5, 0.6) is 0 Å². The number of unbranched alkanes of at least 4 members (excludes halogenated alkanes) is 2. The Labute approximate surface area is 187 Å². The minimum Gasteiger partial charge on any atom is -0.356 e. The second-order valence-electron chi connectivity index (χ2n) is 7.94. The van der Waals surface area contributed by atoms with E-state index in [2.05, 4.69) is 29.0 Å². The number of benzene rings is 1. The highest BCUT2D eigenvalue weighted by atomic mass is 16.5. The molecule has 5 rings (SSSR count). The third-order valence-electron chi connectivity index (χ3n) is 5.93. The molecule has 1 N–H and O–H groups in total. The van der Waals surface area contributed by atoms with E-state index in [-0.39, 0.29) is 11.7 Å². The molecule has 0 aliphatic heterocycles. The molecule has 5 aromatic rings. The first-order valence-corrected chi connectivity index (χ1v) is 11.6. The zero-order valence-corrected chi connectivity index (χ0v) is 19.3. The molecule has 7 heteroatoms. The average molecular weight is 434 g/mol. The van der Waals surface area contributed by atoms with Gasteiger partial charge in [-0.15, -0.1) is 0 Å². The lowest BCUT2D eigenvalue weighted by Crippen LogP contribution is -2.27. The topological polar surface area (TPSA) is 81.6 Å². The lowest BCUT2D eigenvalue weighted by molar-refractivity contribution is 0.440. The van der Waals surface area contributed by atoms with Crippen LogP contribution in [0.15, 0.2) is 52.0 Å². The SMILES string of the molecule is CC.CCCCCC(C)n1c(=O)n(Cc2noc3ccccc23)c2cnc3[nH]ccc3c21. The molecule has 1 aromatic carbocycles. The third kappa shape index (κ3) is 3.72. The Balaban J connectivity index is 0.00000119. The monoisotopic (exact) mass is 433 g/mol. The first-order chi connectivity index (χ1) is 15.7. The van der Waals surface area contributed by atoms with E-state index in [1.165, 1.54) is 6.42 Å². The van der Waals surface area contributed by atoms with Crippen LogP contribution < -0.4 is 5.69 Å². The summed E-state index contributed by atoms with van der Waals surface area (Å²) in [6.45, 7) is 8.67. The summed E-state index contributed by atoms with van der Waals surface area (Å²) in [6.07, 6.45) is 8.06. The van der Waals surface area contributed by atoms with E-state index in [1.54, 1.807) is 10.8 Å². The van der Waals surface area contributed by atoms with Crippen LogP contribution in [0.25, 0.3) is 33.0 Å². The van der Waals surface area contributed by atoms with Gasteiger partial charge in [-0.3, -0.25) is 9.13 Å². The predicted molar refractivity (Wildman–Crippen MR) is 129 cm³/mol. The van der Waals surface area contributed by atoms with Crippen LogP contribution >= 0.6 is 0 Å². The molecule has 0 fully saturated rings. The van der Waals surface area contributed by atoms with E-state index < -0.39 is 0 Å². The van der Waals surface area contributed by atoms with Crippen LogP contribution in [0.1, 0.15) is 65.1 Å². The van der Waals surface area contributed by atoms with E-state index in [9.17, 15) is 4.79 Å². The molecule has 1 atom stereocenters. The van der Waals surface area contributed by atoms with Crippen LogP contribution in [0.3, 0.4) is 0 Å². The van der Waals surface area contributed by atoms with Crippen LogP contribution in [0.2, 0.25) is 0 Å². The van der Waals surface area contributed by atoms with Crippen molar-refractivity contribution in [3.8, 4) is 0 Å². The molecule has 7 nitrogen and oxygen atoms in total. The van der Waals surface area contributed by atoms with Gasteiger partial charge in [-0.1, -0.05) is 57.3 Å². The minimum absolute atomic E-state index is 0.0309. The minimum atomic E-state index is -0.0309. The summed E-state index contributed by atoms with van der Waals surface area (Å²) >= 11 is 0. The third-order valence-corrected chi connectivity index (χ3v) is 5.93. The summed E-state index contributed by atoms with van der Waals surface area (Å²) in [7, 11) is 0. The number of hydrogen-bond acceptors (Lipinski definition) is 4. The summed E-state index contributed by atoms with van der Waals surface area (Å²) < 4.78 is 9.17. The Hall–Kier alpha value is -3.35. The van der Waals surface area contributed by atoms with Gasteiger partial charge in [0.1, 0.15) is 11.3 Å². The van der Waals surface area contributed by atoms with Gasteiger partial charge in [0.15, 0.2) is 5.58 Å². The van der Waals surface area contributed by atoms with Crippen LogP contribution in [0, 0.1) is 0 Å². The van der Waals surface area contributed by atoms with Gasteiger partial charge in [0.05, 0.1) is 23.8 Å². The molecular weight excluding hydrogens is 402 g/mol. The molecular formula is C25H31N5O2. The number of aromatic nitrogens is 5. The zero-order valence-electron chi connectivity index (χ0n) is 19.3. The molecule has 0 saturated carbocycles. The lowest BCUT2D eigenvalue weighted by Gasteiger charge is -2.13. The van der Waals surface area contributed by atoms with Gasteiger partial charge in [-0.25, -0.2) is 9.78 Å². The van der Waals surface area contributed by atoms with E-state index in [4.69, 9.17) is 4.52 Å². The molecule has 0 aliphatic rings. The quantitative estimate of drug-likeness (QED) is 0.317. The Morgan fingerprint density at radius 1 is 1.12 bits per heavy atom. The van der Waals surface area contributed by atoms with Gasteiger partial charge in [0.25, 0.3) is 0 Å². The summed E-state index contributed by atoms with van der Waals surface area (Å²) in [6, 6.07) is 9.83. The standard InChI is InChI=1S/C23H25N5O2.C2H6/c1-3-4-5-8-15(2)28-21-17-11-12-24-22(17)25-13-19(21)27(23(28)29)14-18-16-9-6-7-10-20(16)30-26-18;1-2/h6-7,9-13,15H,3-5,8,14H2,1-2H3,(H,24,25);1-2H3. The summed E-state index contributed by atoms with van der Waals surface area (Å²) in [5.74, 6) is 0. The van der Waals surface area contributed by atoms with Crippen molar-refractivity contribution in [1.29, 1.82) is 0 Å². The van der Waals surface area contributed by atoms with Crippen molar-refractivity contribution in [3.63, 3.8) is 0 Å². The number of para-hydroxylation sites is 1. The smallest absolute Gasteiger partial charge is 0.329 e. The number of aromatic amines is 1. The van der Waals surface area contributed by atoms with Gasteiger partial charge in [-0.05, 0) is 31.5 Å². The van der Waals surface area contributed by atoms with Crippen molar-refractivity contribution >= 4 is 33.0 Å². The number of nitrogens with one attached hydrogen (secondary N) is 1. The number of rotatable bonds is 7. The fourth-order valence-corrected chi connectivity index (χ4v) is 4.35. The molecule has 0 radical (unpaired) electrons. The van der Waals surface area contributed by atoms with Crippen molar-refractivity contribution in [2.24, 2.45) is 0 Å². The zero-order chi connectivity index (χ0) is 22.7. The van der Waals surface area contributed by atoms with Crippen LogP contribution in [-0.4, -0.2) is 24.3 Å². The molecule has 4 aromatic heterocycles. The van der Waals surface area contributed by atoms with Crippen molar-refractivity contribution in [1.82, 2.24) is 24.3 Å². The molecule has 168 valence electrons. The van der Waals surface area contributed by atoms with Gasteiger partial charge in [0.2, 0.25) is 0 Å². The number of fused-ring (bicyclic) bond motifs is 4. The number of imidazole rings is 1. The largest absolute Gasteiger partial charge is 0.356 e. The first kappa shape index (κ1) is 21.9. The second-order valence-corrected chi connectivity index (χ2v) is 7.94. The van der Waals surface area contributed by atoms with Gasteiger partial charge in [-0.2, -0.15) is 0 Å². The Morgan fingerprint density at radius 3 is 2.75 bits per heavy atom. The van der Waals surface area contributed by atoms with Gasteiger partial charge < -0.3 is 9.51 Å². The Kier molecular flexibility index (Phi) is 6.44. The molecule has 0 spiro atoms. The highest BCUT2D eigenvalue weighted by molar-refractivity contribution is 6.01. The average Bonchev–Trinajstić information content (AvgIpc) is 3.52. The molecule has 1 unspecified atom stereocenters. The molecule has 32 heavy (non-hydrogen) atoms. The van der Waals surface area contributed by atoms with E-state index in [1.807, 2.05) is 54.9 Å². The maximum absolute atomic E-state index is 13.6. The van der Waals surface area contributed by atoms with Crippen LogP contribution in [0.4, 0.5) is 0 Å². The van der Waals surface area contributed by atoms with Crippen LogP contribution in [-0.2, 0) is 6.54 Å².